The Morgan fingerprint density at radius 2 is 2.00 bits per heavy atom. The Bertz CT molecular complexity index is 563. The number of benzene rings is 1. The van der Waals surface area contributed by atoms with Crippen LogP contribution in [-0.4, -0.2) is 4.98 Å². The van der Waals surface area contributed by atoms with Crippen molar-refractivity contribution in [2.45, 2.75) is 17.6 Å². The lowest BCUT2D eigenvalue weighted by atomic mass is 10.2. The molecule has 0 bridgehead atoms. The zero-order valence-corrected chi connectivity index (χ0v) is 10.4. The lowest BCUT2D eigenvalue weighted by Gasteiger charge is -2.07. The second-order valence-corrected chi connectivity index (χ2v) is 4.80. The molecule has 1 heterocycles. The van der Waals surface area contributed by atoms with Crippen LogP contribution >= 0.6 is 11.8 Å². The van der Waals surface area contributed by atoms with Crippen LogP contribution in [0, 0.1) is 6.92 Å². The van der Waals surface area contributed by atoms with Crippen molar-refractivity contribution in [3.63, 3.8) is 0 Å². The average molecular weight is 246 g/mol. The number of anilines is 1. The molecular formula is C13H14N2OS. The molecule has 3 nitrogen and oxygen atoms in total. The summed E-state index contributed by atoms with van der Waals surface area (Å²) in [6.45, 7) is 1.94. The topological polar surface area (TPSA) is 58.9 Å². The zero-order chi connectivity index (χ0) is 12.3. The van der Waals surface area contributed by atoms with Crippen molar-refractivity contribution in [3.8, 4) is 0 Å². The number of aromatic amines is 1. The standard InChI is InChI=1S/C13H14N2OS/c1-9-7-15-13(16)11(14)12(9)17-8-10-5-3-2-4-6-10/h2-7H,8,14H2,1H3,(H,15,16). The number of hydrogen-bond donors (Lipinski definition) is 2. The van der Waals surface area contributed by atoms with Crippen molar-refractivity contribution in [1.82, 2.24) is 4.98 Å². The number of thioether (sulfide) groups is 1. The van der Waals surface area contributed by atoms with E-state index in [1.54, 1.807) is 18.0 Å². The maximum atomic E-state index is 11.4. The Kier molecular flexibility index (Phi) is 3.54. The molecule has 0 unspecified atom stereocenters. The first kappa shape index (κ1) is 11.8. The molecule has 0 fully saturated rings. The number of pyridine rings is 1. The van der Waals surface area contributed by atoms with Crippen LogP contribution in [0.4, 0.5) is 5.69 Å². The predicted molar refractivity (Wildman–Crippen MR) is 72.2 cm³/mol. The molecule has 2 aromatic rings. The fourth-order valence-electron chi connectivity index (χ4n) is 1.55. The van der Waals surface area contributed by atoms with Gasteiger partial charge in [0.1, 0.15) is 5.69 Å². The first-order valence-corrected chi connectivity index (χ1v) is 6.31. The van der Waals surface area contributed by atoms with Gasteiger partial charge in [-0.25, -0.2) is 0 Å². The van der Waals surface area contributed by atoms with E-state index in [1.807, 2.05) is 25.1 Å². The first-order valence-electron chi connectivity index (χ1n) is 5.33. The van der Waals surface area contributed by atoms with Crippen molar-refractivity contribution in [2.75, 3.05) is 5.73 Å². The fourth-order valence-corrected chi connectivity index (χ4v) is 2.59. The number of H-pyrrole nitrogens is 1. The molecule has 0 saturated heterocycles. The third-order valence-electron chi connectivity index (χ3n) is 2.49. The van der Waals surface area contributed by atoms with Crippen LogP contribution in [0.15, 0.2) is 46.2 Å². The zero-order valence-electron chi connectivity index (χ0n) is 9.57. The van der Waals surface area contributed by atoms with Gasteiger partial charge in [0.15, 0.2) is 0 Å². The highest BCUT2D eigenvalue weighted by molar-refractivity contribution is 7.98. The molecular weight excluding hydrogens is 232 g/mol. The fraction of sp³-hybridized carbons (Fsp3) is 0.154. The summed E-state index contributed by atoms with van der Waals surface area (Å²) >= 11 is 1.60. The Morgan fingerprint density at radius 1 is 1.29 bits per heavy atom. The number of nitrogens with one attached hydrogen (secondary N) is 1. The van der Waals surface area contributed by atoms with Crippen LogP contribution < -0.4 is 11.3 Å². The minimum Gasteiger partial charge on any atom is -0.393 e. The Labute approximate surface area is 104 Å². The molecule has 0 amide bonds. The number of rotatable bonds is 3. The molecule has 17 heavy (non-hydrogen) atoms. The molecule has 0 spiro atoms. The van der Waals surface area contributed by atoms with Crippen molar-refractivity contribution in [3.05, 3.63) is 58.0 Å². The normalized spacial score (nSPS) is 10.4. The Morgan fingerprint density at radius 3 is 2.71 bits per heavy atom. The van der Waals surface area contributed by atoms with Gasteiger partial charge in [-0.15, -0.1) is 11.8 Å². The van der Waals surface area contributed by atoms with Gasteiger partial charge in [-0.3, -0.25) is 4.79 Å². The van der Waals surface area contributed by atoms with Crippen LogP contribution in [0.1, 0.15) is 11.1 Å². The number of aromatic nitrogens is 1. The van der Waals surface area contributed by atoms with Gasteiger partial charge >= 0.3 is 0 Å². The van der Waals surface area contributed by atoms with E-state index in [1.165, 1.54) is 5.56 Å². The summed E-state index contributed by atoms with van der Waals surface area (Å²) in [5, 5.41) is 0. The molecule has 3 N–H and O–H groups in total. The highest BCUT2D eigenvalue weighted by atomic mass is 32.2. The van der Waals surface area contributed by atoms with E-state index in [2.05, 4.69) is 17.1 Å². The van der Waals surface area contributed by atoms with Gasteiger partial charge in [0.05, 0.1) is 0 Å². The third-order valence-corrected chi connectivity index (χ3v) is 3.80. The first-order chi connectivity index (χ1) is 8.18. The number of nitrogens with two attached hydrogens (primary N) is 1. The minimum absolute atomic E-state index is 0.217. The largest absolute Gasteiger partial charge is 0.393 e. The quantitative estimate of drug-likeness (QED) is 0.818. The molecule has 0 aliphatic heterocycles. The summed E-state index contributed by atoms with van der Waals surface area (Å²) in [7, 11) is 0. The lowest BCUT2D eigenvalue weighted by molar-refractivity contribution is 1.14. The number of nitrogen functional groups attached to an aromatic ring is 1. The van der Waals surface area contributed by atoms with E-state index in [0.717, 1.165) is 16.2 Å². The predicted octanol–water partition coefficient (Wildman–Crippen LogP) is 2.56. The molecule has 0 atom stereocenters. The van der Waals surface area contributed by atoms with Gasteiger partial charge < -0.3 is 10.7 Å². The smallest absolute Gasteiger partial charge is 0.272 e. The van der Waals surface area contributed by atoms with Crippen LogP contribution in [0.25, 0.3) is 0 Å². The maximum Gasteiger partial charge on any atom is 0.272 e. The van der Waals surface area contributed by atoms with Crippen molar-refractivity contribution < 1.29 is 0 Å². The summed E-state index contributed by atoms with van der Waals surface area (Å²) < 4.78 is 0. The maximum absolute atomic E-state index is 11.4. The average Bonchev–Trinajstić information content (AvgIpc) is 2.35. The molecule has 1 aromatic carbocycles. The summed E-state index contributed by atoms with van der Waals surface area (Å²) in [6, 6.07) is 10.1. The highest BCUT2D eigenvalue weighted by Gasteiger charge is 2.07. The van der Waals surface area contributed by atoms with E-state index >= 15 is 0 Å². The van der Waals surface area contributed by atoms with E-state index in [0.29, 0.717) is 5.69 Å². The number of hydrogen-bond acceptors (Lipinski definition) is 3. The van der Waals surface area contributed by atoms with E-state index < -0.39 is 0 Å². The third kappa shape index (κ3) is 2.71. The summed E-state index contributed by atoms with van der Waals surface area (Å²) in [5.74, 6) is 0.815. The summed E-state index contributed by atoms with van der Waals surface area (Å²) in [6.07, 6.45) is 1.70. The number of aryl methyl sites for hydroxylation is 1. The van der Waals surface area contributed by atoms with Crippen LogP contribution in [0.5, 0.6) is 0 Å². The molecule has 0 saturated carbocycles. The molecule has 2 rings (SSSR count). The minimum atomic E-state index is -0.217. The van der Waals surface area contributed by atoms with Crippen LogP contribution in [0.3, 0.4) is 0 Å². The molecule has 4 heteroatoms. The van der Waals surface area contributed by atoms with E-state index in [-0.39, 0.29) is 5.56 Å². The van der Waals surface area contributed by atoms with Crippen molar-refractivity contribution >= 4 is 17.4 Å². The van der Waals surface area contributed by atoms with Gasteiger partial charge in [0.25, 0.3) is 5.56 Å². The Balaban J connectivity index is 2.20. The molecule has 0 aliphatic carbocycles. The van der Waals surface area contributed by atoms with Crippen molar-refractivity contribution in [1.29, 1.82) is 0 Å². The molecule has 88 valence electrons. The van der Waals surface area contributed by atoms with Gasteiger partial charge in [-0.2, -0.15) is 0 Å². The van der Waals surface area contributed by atoms with Crippen molar-refractivity contribution in [2.24, 2.45) is 0 Å². The SMILES string of the molecule is Cc1c[nH]c(=O)c(N)c1SCc1ccccc1. The molecule has 0 aliphatic rings. The van der Waals surface area contributed by atoms with E-state index in [4.69, 9.17) is 5.73 Å². The molecule has 0 radical (unpaired) electrons. The van der Waals surface area contributed by atoms with E-state index in [9.17, 15) is 4.79 Å². The van der Waals surface area contributed by atoms with Crippen LogP contribution in [-0.2, 0) is 5.75 Å². The van der Waals surface area contributed by atoms with Gasteiger partial charge in [0.2, 0.25) is 0 Å². The second-order valence-electron chi connectivity index (χ2n) is 3.82. The molecule has 1 aromatic heterocycles. The monoisotopic (exact) mass is 246 g/mol. The van der Waals surface area contributed by atoms with Gasteiger partial charge in [0, 0.05) is 16.8 Å². The Hall–Kier alpha value is -1.68. The van der Waals surface area contributed by atoms with Crippen LogP contribution in [0.2, 0.25) is 0 Å². The van der Waals surface area contributed by atoms with Gasteiger partial charge in [-0.1, -0.05) is 30.3 Å². The highest BCUT2D eigenvalue weighted by Crippen LogP contribution is 2.28. The lowest BCUT2D eigenvalue weighted by Crippen LogP contribution is -2.13. The summed E-state index contributed by atoms with van der Waals surface area (Å²) in [5.41, 5.74) is 8.10. The summed E-state index contributed by atoms with van der Waals surface area (Å²) in [4.78, 5) is 14.9. The van der Waals surface area contributed by atoms with Gasteiger partial charge in [-0.05, 0) is 18.1 Å². The second kappa shape index (κ2) is 5.10.